The molecule has 0 spiro atoms. The predicted molar refractivity (Wildman–Crippen MR) is 102 cm³/mol. The third-order valence-corrected chi connectivity index (χ3v) is 5.43. The van der Waals surface area contributed by atoms with Crippen LogP contribution in [0.25, 0.3) is 11.1 Å². The summed E-state index contributed by atoms with van der Waals surface area (Å²) >= 11 is 1.27. The van der Waals surface area contributed by atoms with Crippen molar-refractivity contribution in [1.82, 2.24) is 14.9 Å². The lowest BCUT2D eigenvalue weighted by Crippen LogP contribution is -2.41. The Morgan fingerprint density at radius 3 is 2.56 bits per heavy atom. The van der Waals surface area contributed by atoms with E-state index in [1.54, 1.807) is 30.9 Å². The van der Waals surface area contributed by atoms with E-state index in [4.69, 9.17) is 5.73 Å². The first-order valence-electron chi connectivity index (χ1n) is 8.10. The largest absolute Gasteiger partial charge is 0.369 e. The van der Waals surface area contributed by atoms with Crippen LogP contribution >= 0.6 is 11.3 Å². The summed E-state index contributed by atoms with van der Waals surface area (Å²) in [4.78, 5) is 38.9. The Hall–Kier alpha value is -3.39. The Labute approximate surface area is 159 Å². The van der Waals surface area contributed by atoms with Crippen LogP contribution in [0.4, 0.5) is 0 Å². The zero-order chi connectivity index (χ0) is 19.0. The third-order valence-electron chi connectivity index (χ3n) is 4.57. The topological polar surface area (TPSA) is 102 Å². The van der Waals surface area contributed by atoms with Crippen LogP contribution in [0.3, 0.4) is 0 Å². The minimum atomic E-state index is -1.32. The third kappa shape index (κ3) is 2.61. The Bertz CT molecular complexity index is 1060. The Morgan fingerprint density at radius 2 is 1.93 bits per heavy atom. The van der Waals surface area contributed by atoms with Crippen LogP contribution in [0, 0.1) is 0 Å². The fourth-order valence-corrected chi connectivity index (χ4v) is 3.91. The van der Waals surface area contributed by atoms with Gasteiger partial charge in [0, 0.05) is 30.6 Å². The molecule has 2 N–H and O–H groups in total. The van der Waals surface area contributed by atoms with Crippen molar-refractivity contribution >= 4 is 29.5 Å². The van der Waals surface area contributed by atoms with E-state index in [0.29, 0.717) is 16.0 Å². The number of nitrogens with two attached hydrogens (primary N) is 1. The van der Waals surface area contributed by atoms with Gasteiger partial charge >= 0.3 is 0 Å². The fourth-order valence-electron chi connectivity index (χ4n) is 3.16. The van der Waals surface area contributed by atoms with Gasteiger partial charge in [0.25, 0.3) is 5.91 Å². The number of aldehydes is 1. The molecular weight excluding hydrogens is 362 g/mol. The first-order valence-corrected chi connectivity index (χ1v) is 8.98. The molecule has 4 rings (SSSR count). The Balaban J connectivity index is 1.93. The fraction of sp³-hybridized carbons (Fsp3) is 0.105. The molecule has 134 valence electrons. The highest BCUT2D eigenvalue weighted by atomic mass is 32.1. The van der Waals surface area contributed by atoms with Crippen molar-refractivity contribution in [2.24, 2.45) is 10.7 Å². The maximum atomic E-state index is 13.2. The van der Waals surface area contributed by atoms with Gasteiger partial charge in [0.2, 0.25) is 0 Å². The van der Waals surface area contributed by atoms with Gasteiger partial charge in [0.1, 0.15) is 6.33 Å². The number of likely N-dealkylation sites (N-methyl/N-ethyl adjacent to an activating group) is 1. The van der Waals surface area contributed by atoms with Crippen LogP contribution in [-0.4, -0.2) is 40.1 Å². The standard InChI is InChI=1S/C19H15N5O2S/c1-24-17(26)19(23-18(24)20,15-6-16(9-25)27-10-15)14-4-2-3-12(5-14)13-7-21-11-22-8-13/h2-11H,1H3,(H2,20,23). The maximum absolute atomic E-state index is 13.2. The molecule has 0 saturated carbocycles. The molecule has 1 unspecified atom stereocenters. The number of hydrogen-bond donors (Lipinski definition) is 1. The molecule has 0 saturated heterocycles. The van der Waals surface area contributed by atoms with Crippen molar-refractivity contribution in [3.8, 4) is 11.1 Å². The number of carbonyl (C=O) groups excluding carboxylic acids is 2. The first kappa shape index (κ1) is 17.0. The van der Waals surface area contributed by atoms with Gasteiger partial charge in [0.05, 0.1) is 4.88 Å². The molecule has 1 aliphatic heterocycles. The van der Waals surface area contributed by atoms with E-state index in [-0.39, 0.29) is 11.9 Å². The number of guanidine groups is 1. The average Bonchev–Trinajstić information content (AvgIpc) is 3.28. The highest BCUT2D eigenvalue weighted by Gasteiger charge is 2.50. The lowest BCUT2D eigenvalue weighted by Gasteiger charge is -2.25. The van der Waals surface area contributed by atoms with Crippen molar-refractivity contribution in [3.05, 3.63) is 70.4 Å². The summed E-state index contributed by atoms with van der Waals surface area (Å²) in [7, 11) is 1.59. The number of aromatic nitrogens is 2. The predicted octanol–water partition coefficient (Wildman–Crippen LogP) is 2.05. The second-order valence-electron chi connectivity index (χ2n) is 6.11. The molecule has 1 atom stereocenters. The molecule has 1 amide bonds. The van der Waals surface area contributed by atoms with Crippen molar-refractivity contribution in [1.29, 1.82) is 0 Å². The van der Waals surface area contributed by atoms with Gasteiger partial charge < -0.3 is 5.73 Å². The second-order valence-corrected chi connectivity index (χ2v) is 7.05. The normalized spacial score (nSPS) is 19.2. The lowest BCUT2D eigenvalue weighted by atomic mass is 9.83. The van der Waals surface area contributed by atoms with E-state index >= 15 is 0 Å². The van der Waals surface area contributed by atoms with Gasteiger partial charge in [-0.25, -0.2) is 15.0 Å². The number of aliphatic imine (C=N–C) groups is 1. The zero-order valence-corrected chi connectivity index (χ0v) is 15.2. The summed E-state index contributed by atoms with van der Waals surface area (Å²) in [5.41, 5.74) is 7.62. The molecule has 27 heavy (non-hydrogen) atoms. The van der Waals surface area contributed by atoms with Crippen LogP contribution in [0.2, 0.25) is 0 Å². The molecule has 1 aliphatic rings. The van der Waals surface area contributed by atoms with Crippen molar-refractivity contribution < 1.29 is 9.59 Å². The van der Waals surface area contributed by atoms with Crippen LogP contribution in [0.5, 0.6) is 0 Å². The summed E-state index contributed by atoms with van der Waals surface area (Å²) in [6, 6.07) is 9.16. The number of benzene rings is 1. The summed E-state index contributed by atoms with van der Waals surface area (Å²) in [6.45, 7) is 0. The van der Waals surface area contributed by atoms with Crippen LogP contribution in [-0.2, 0) is 10.3 Å². The van der Waals surface area contributed by atoms with Crippen LogP contribution in [0.15, 0.2) is 59.4 Å². The molecule has 1 aromatic carbocycles. The highest BCUT2D eigenvalue weighted by molar-refractivity contribution is 7.11. The smallest absolute Gasteiger partial charge is 0.266 e. The molecule has 3 aromatic rings. The number of amides is 1. The molecule has 8 heteroatoms. The Kier molecular flexibility index (Phi) is 4.04. The van der Waals surface area contributed by atoms with E-state index in [2.05, 4.69) is 15.0 Å². The highest BCUT2D eigenvalue weighted by Crippen LogP contribution is 2.41. The van der Waals surface area contributed by atoms with Crippen LogP contribution in [0.1, 0.15) is 20.8 Å². The SMILES string of the molecule is CN1C(=O)C(c2cccc(-c3cncnc3)c2)(c2csc(C=O)c2)N=C1N. The summed E-state index contributed by atoms with van der Waals surface area (Å²) in [6.07, 6.45) is 5.62. The number of rotatable bonds is 4. The van der Waals surface area contributed by atoms with Crippen molar-refractivity contribution in [3.63, 3.8) is 0 Å². The molecule has 0 aliphatic carbocycles. The van der Waals surface area contributed by atoms with E-state index in [0.717, 1.165) is 17.4 Å². The molecule has 2 aromatic heterocycles. The zero-order valence-electron chi connectivity index (χ0n) is 14.4. The van der Waals surface area contributed by atoms with Gasteiger partial charge in [-0.1, -0.05) is 18.2 Å². The molecular formula is C19H15N5O2S. The molecule has 3 heterocycles. The maximum Gasteiger partial charge on any atom is 0.266 e. The lowest BCUT2D eigenvalue weighted by molar-refractivity contribution is -0.129. The van der Waals surface area contributed by atoms with E-state index < -0.39 is 5.54 Å². The molecule has 0 fully saturated rings. The quantitative estimate of drug-likeness (QED) is 0.701. The van der Waals surface area contributed by atoms with Crippen LogP contribution < -0.4 is 5.73 Å². The average molecular weight is 377 g/mol. The van der Waals surface area contributed by atoms with E-state index in [9.17, 15) is 9.59 Å². The number of hydrogen-bond acceptors (Lipinski definition) is 7. The Morgan fingerprint density at radius 1 is 1.15 bits per heavy atom. The summed E-state index contributed by atoms with van der Waals surface area (Å²) in [5.74, 6) is -0.135. The van der Waals surface area contributed by atoms with Gasteiger partial charge in [0.15, 0.2) is 17.8 Å². The molecule has 7 nitrogen and oxygen atoms in total. The summed E-state index contributed by atoms with van der Waals surface area (Å²) in [5, 5.41) is 1.77. The first-order chi connectivity index (χ1) is 13.1. The van der Waals surface area contributed by atoms with Gasteiger partial charge in [-0.3, -0.25) is 14.5 Å². The van der Waals surface area contributed by atoms with Crippen molar-refractivity contribution in [2.45, 2.75) is 5.54 Å². The monoisotopic (exact) mass is 377 g/mol. The van der Waals surface area contributed by atoms with Gasteiger partial charge in [-0.15, -0.1) is 11.3 Å². The van der Waals surface area contributed by atoms with E-state index in [1.807, 2.05) is 24.3 Å². The number of nitrogens with zero attached hydrogens (tertiary/aromatic N) is 4. The minimum Gasteiger partial charge on any atom is -0.369 e. The minimum absolute atomic E-state index is 0.132. The van der Waals surface area contributed by atoms with Gasteiger partial charge in [-0.2, -0.15) is 0 Å². The van der Waals surface area contributed by atoms with Crippen molar-refractivity contribution in [2.75, 3.05) is 7.05 Å². The van der Waals surface area contributed by atoms with Gasteiger partial charge in [-0.05, 0) is 28.6 Å². The number of carbonyl (C=O) groups is 2. The summed E-state index contributed by atoms with van der Waals surface area (Å²) < 4.78 is 0. The van der Waals surface area contributed by atoms with E-state index in [1.165, 1.54) is 22.6 Å². The second kappa shape index (κ2) is 6.40. The molecule has 0 radical (unpaired) electrons. The number of thiophene rings is 1. The molecule has 0 bridgehead atoms.